The van der Waals surface area contributed by atoms with E-state index in [1.54, 1.807) is 11.0 Å². The number of amides is 2. The summed E-state index contributed by atoms with van der Waals surface area (Å²) >= 11 is 0. The monoisotopic (exact) mass is 473 g/mol. The molecule has 0 aromatic heterocycles. The SMILES string of the molecule is CC(c1ccccc1)N(CCC(=O)N1CCN(Cc2ccccc2)CC1)C(=O)c1cccc(F)c1. The van der Waals surface area contributed by atoms with Gasteiger partial charge in [-0.1, -0.05) is 66.7 Å². The minimum atomic E-state index is -0.451. The average molecular weight is 474 g/mol. The van der Waals surface area contributed by atoms with Crippen LogP contribution in [0.15, 0.2) is 84.9 Å². The predicted molar refractivity (Wildman–Crippen MR) is 135 cm³/mol. The molecule has 1 atom stereocenters. The number of halogens is 1. The summed E-state index contributed by atoms with van der Waals surface area (Å²) in [5.74, 6) is -0.685. The van der Waals surface area contributed by atoms with E-state index in [1.165, 1.54) is 23.8 Å². The maximum atomic E-state index is 13.8. The highest BCUT2D eigenvalue weighted by atomic mass is 19.1. The minimum Gasteiger partial charge on any atom is -0.340 e. The smallest absolute Gasteiger partial charge is 0.254 e. The molecule has 182 valence electrons. The average Bonchev–Trinajstić information content (AvgIpc) is 2.90. The molecular formula is C29H32FN3O2. The molecule has 0 bridgehead atoms. The summed E-state index contributed by atoms with van der Waals surface area (Å²) in [6, 6.07) is 25.5. The van der Waals surface area contributed by atoms with Crippen molar-refractivity contribution in [3.63, 3.8) is 0 Å². The van der Waals surface area contributed by atoms with Crippen LogP contribution in [0.25, 0.3) is 0 Å². The van der Waals surface area contributed by atoms with Gasteiger partial charge in [0.15, 0.2) is 0 Å². The van der Waals surface area contributed by atoms with Crippen LogP contribution in [-0.4, -0.2) is 59.2 Å². The Morgan fingerprint density at radius 3 is 2.20 bits per heavy atom. The number of rotatable bonds is 8. The Hall–Kier alpha value is -3.51. The highest BCUT2D eigenvalue weighted by Gasteiger charge is 2.26. The first-order valence-electron chi connectivity index (χ1n) is 12.2. The molecule has 1 aliphatic heterocycles. The lowest BCUT2D eigenvalue weighted by molar-refractivity contribution is -0.133. The van der Waals surface area contributed by atoms with Crippen molar-refractivity contribution in [3.8, 4) is 0 Å². The molecule has 1 saturated heterocycles. The number of carbonyl (C=O) groups is 2. The minimum absolute atomic E-state index is 0.0432. The fourth-order valence-corrected chi connectivity index (χ4v) is 4.54. The molecule has 0 aliphatic carbocycles. The Balaban J connectivity index is 1.38. The number of hydrogen-bond donors (Lipinski definition) is 0. The zero-order chi connectivity index (χ0) is 24.6. The number of hydrogen-bond acceptors (Lipinski definition) is 3. The van der Waals surface area contributed by atoms with Gasteiger partial charge >= 0.3 is 0 Å². The second-order valence-corrected chi connectivity index (χ2v) is 8.99. The normalized spacial score (nSPS) is 15.0. The lowest BCUT2D eigenvalue weighted by atomic mass is 10.0. The van der Waals surface area contributed by atoms with E-state index in [0.29, 0.717) is 13.1 Å². The molecule has 0 radical (unpaired) electrons. The van der Waals surface area contributed by atoms with Crippen molar-refractivity contribution >= 4 is 11.8 Å². The lowest BCUT2D eigenvalue weighted by Gasteiger charge is -2.36. The molecular weight excluding hydrogens is 441 g/mol. The maximum Gasteiger partial charge on any atom is 0.254 e. The molecule has 0 spiro atoms. The van der Waals surface area contributed by atoms with Crippen LogP contribution in [0, 0.1) is 5.82 Å². The number of nitrogens with zero attached hydrogens (tertiary/aromatic N) is 3. The lowest BCUT2D eigenvalue weighted by Crippen LogP contribution is -2.49. The Kier molecular flexibility index (Phi) is 8.27. The van der Waals surface area contributed by atoms with Gasteiger partial charge in [0, 0.05) is 51.3 Å². The van der Waals surface area contributed by atoms with E-state index in [2.05, 4.69) is 17.0 Å². The number of carbonyl (C=O) groups excluding carboxylic acids is 2. The van der Waals surface area contributed by atoms with Crippen LogP contribution < -0.4 is 0 Å². The molecule has 2 amide bonds. The van der Waals surface area contributed by atoms with Gasteiger partial charge in [-0.25, -0.2) is 4.39 Å². The summed E-state index contributed by atoms with van der Waals surface area (Å²) in [5.41, 5.74) is 2.53. The van der Waals surface area contributed by atoms with Crippen molar-refractivity contribution in [3.05, 3.63) is 107 Å². The molecule has 3 aromatic rings. The van der Waals surface area contributed by atoms with Crippen LogP contribution in [0.2, 0.25) is 0 Å². The molecule has 1 heterocycles. The van der Waals surface area contributed by atoms with Gasteiger partial charge in [-0.15, -0.1) is 0 Å². The van der Waals surface area contributed by atoms with Gasteiger partial charge in [0.2, 0.25) is 5.91 Å². The van der Waals surface area contributed by atoms with Crippen molar-refractivity contribution < 1.29 is 14.0 Å². The van der Waals surface area contributed by atoms with Crippen LogP contribution in [0.3, 0.4) is 0 Å². The summed E-state index contributed by atoms with van der Waals surface area (Å²) in [4.78, 5) is 32.3. The third-order valence-corrected chi connectivity index (χ3v) is 6.62. The predicted octanol–water partition coefficient (Wildman–Crippen LogP) is 4.76. The van der Waals surface area contributed by atoms with E-state index >= 15 is 0 Å². The number of benzene rings is 3. The van der Waals surface area contributed by atoms with E-state index in [9.17, 15) is 14.0 Å². The zero-order valence-corrected chi connectivity index (χ0v) is 20.1. The van der Waals surface area contributed by atoms with E-state index in [4.69, 9.17) is 0 Å². The molecule has 0 saturated carbocycles. The Bertz CT molecular complexity index is 1120. The fraction of sp³-hybridized carbons (Fsp3) is 0.310. The van der Waals surface area contributed by atoms with Crippen molar-refractivity contribution in [2.75, 3.05) is 32.7 Å². The van der Waals surface area contributed by atoms with Gasteiger partial charge in [-0.2, -0.15) is 0 Å². The Morgan fingerprint density at radius 1 is 0.886 bits per heavy atom. The fourth-order valence-electron chi connectivity index (χ4n) is 4.54. The van der Waals surface area contributed by atoms with Crippen LogP contribution in [-0.2, 0) is 11.3 Å². The van der Waals surface area contributed by atoms with Gasteiger partial charge in [-0.05, 0) is 36.2 Å². The highest BCUT2D eigenvalue weighted by Crippen LogP contribution is 2.23. The first-order valence-corrected chi connectivity index (χ1v) is 12.2. The third-order valence-electron chi connectivity index (χ3n) is 6.62. The summed E-state index contributed by atoms with van der Waals surface area (Å²) in [7, 11) is 0. The molecule has 35 heavy (non-hydrogen) atoms. The van der Waals surface area contributed by atoms with Crippen LogP contribution >= 0.6 is 0 Å². The molecule has 3 aromatic carbocycles. The first kappa shape index (κ1) is 24.6. The molecule has 0 N–H and O–H groups in total. The van der Waals surface area contributed by atoms with E-state index < -0.39 is 5.82 Å². The van der Waals surface area contributed by atoms with E-state index in [-0.39, 0.29) is 36.4 Å². The summed E-state index contributed by atoms with van der Waals surface area (Å²) < 4.78 is 13.8. The standard InChI is InChI=1S/C29H32FN3O2/c1-23(25-11-6-3-7-12-25)33(29(35)26-13-8-14-27(30)21-26)16-15-28(34)32-19-17-31(18-20-32)22-24-9-4-2-5-10-24/h2-14,21,23H,15-20,22H2,1H3. The van der Waals surface area contributed by atoms with Crippen molar-refractivity contribution in [1.82, 2.24) is 14.7 Å². The third kappa shape index (κ3) is 6.55. The molecule has 5 nitrogen and oxygen atoms in total. The molecule has 1 aliphatic rings. The summed E-state index contributed by atoms with van der Waals surface area (Å²) in [6.07, 6.45) is 0.233. The Labute approximate surface area is 206 Å². The Morgan fingerprint density at radius 2 is 1.54 bits per heavy atom. The second kappa shape index (κ2) is 11.8. The van der Waals surface area contributed by atoms with Crippen molar-refractivity contribution in [1.29, 1.82) is 0 Å². The maximum absolute atomic E-state index is 13.8. The molecule has 4 rings (SSSR count). The van der Waals surface area contributed by atoms with Crippen molar-refractivity contribution in [2.45, 2.75) is 25.9 Å². The van der Waals surface area contributed by atoms with E-state index in [1.807, 2.05) is 60.4 Å². The van der Waals surface area contributed by atoms with Crippen LogP contribution in [0.5, 0.6) is 0 Å². The van der Waals surface area contributed by atoms with Gasteiger partial charge in [0.25, 0.3) is 5.91 Å². The quantitative estimate of drug-likeness (QED) is 0.474. The van der Waals surface area contributed by atoms with Crippen LogP contribution in [0.4, 0.5) is 4.39 Å². The number of piperazine rings is 1. The van der Waals surface area contributed by atoms with Crippen LogP contribution in [0.1, 0.15) is 40.9 Å². The summed E-state index contributed by atoms with van der Waals surface area (Å²) in [6.45, 7) is 6.11. The highest BCUT2D eigenvalue weighted by molar-refractivity contribution is 5.94. The first-order chi connectivity index (χ1) is 17.0. The van der Waals surface area contributed by atoms with Crippen molar-refractivity contribution in [2.24, 2.45) is 0 Å². The largest absolute Gasteiger partial charge is 0.340 e. The van der Waals surface area contributed by atoms with Gasteiger partial charge in [-0.3, -0.25) is 14.5 Å². The summed E-state index contributed by atoms with van der Waals surface area (Å²) in [5, 5.41) is 0. The van der Waals surface area contributed by atoms with Gasteiger partial charge in [0.05, 0.1) is 6.04 Å². The van der Waals surface area contributed by atoms with E-state index in [0.717, 1.165) is 25.2 Å². The zero-order valence-electron chi connectivity index (χ0n) is 20.1. The van der Waals surface area contributed by atoms with Gasteiger partial charge < -0.3 is 9.80 Å². The molecule has 1 unspecified atom stereocenters. The molecule has 6 heteroatoms. The second-order valence-electron chi connectivity index (χ2n) is 8.99. The topological polar surface area (TPSA) is 43.9 Å². The molecule has 1 fully saturated rings. The van der Waals surface area contributed by atoms with Gasteiger partial charge in [0.1, 0.15) is 5.82 Å².